The van der Waals surface area contributed by atoms with Crippen molar-refractivity contribution in [3.8, 4) is 5.75 Å². The fourth-order valence-electron chi connectivity index (χ4n) is 3.82. The molecule has 3 aliphatic rings. The summed E-state index contributed by atoms with van der Waals surface area (Å²) in [6.07, 6.45) is 3.70. The molecule has 0 aliphatic carbocycles. The number of rotatable bonds is 4. The molecule has 0 saturated carbocycles. The van der Waals surface area contributed by atoms with E-state index in [4.69, 9.17) is 21.7 Å². The molecule has 0 spiro atoms. The van der Waals surface area contributed by atoms with E-state index in [0.717, 1.165) is 76.2 Å². The normalized spacial score (nSPS) is 23.4. The maximum atomic E-state index is 5.65. The van der Waals surface area contributed by atoms with Gasteiger partial charge in [-0.15, -0.1) is 0 Å². The van der Waals surface area contributed by atoms with E-state index in [-0.39, 0.29) is 0 Å². The number of piperazine rings is 1. The molecule has 1 aromatic carbocycles. The van der Waals surface area contributed by atoms with E-state index < -0.39 is 0 Å². The van der Waals surface area contributed by atoms with Crippen LogP contribution in [-0.4, -0.2) is 67.0 Å². The molecule has 5 nitrogen and oxygen atoms in total. The summed E-state index contributed by atoms with van der Waals surface area (Å²) in [6, 6.07) is 6.63. The second kappa shape index (κ2) is 7.89. The van der Waals surface area contributed by atoms with Crippen LogP contribution in [0.2, 0.25) is 0 Å². The van der Waals surface area contributed by atoms with Crippen LogP contribution in [-0.2, 0) is 17.7 Å². The Morgan fingerprint density at radius 2 is 2.08 bits per heavy atom. The van der Waals surface area contributed by atoms with Crippen LogP contribution in [0.1, 0.15) is 24.0 Å². The van der Waals surface area contributed by atoms with E-state index in [9.17, 15) is 0 Å². The molecule has 0 unspecified atom stereocenters. The molecule has 1 aromatic rings. The maximum Gasteiger partial charge on any atom is 0.169 e. The average Bonchev–Trinajstić information content (AvgIpc) is 3.31. The standard InChI is InChI=1S/C19H27N3O2S/c25-19(20-13-17-2-1-10-23-17)22-8-6-21(7-9-22)14-15-3-4-18-16(12-15)5-11-24-18/h3-4,12,17H,1-2,5-11,13-14H2,(H,20,25)/t17-/m1/s1. The number of fused-ring (bicyclic) bond motifs is 1. The van der Waals surface area contributed by atoms with Crippen molar-refractivity contribution in [3.63, 3.8) is 0 Å². The van der Waals surface area contributed by atoms with Crippen molar-refractivity contribution < 1.29 is 9.47 Å². The lowest BCUT2D eigenvalue weighted by Crippen LogP contribution is -2.52. The van der Waals surface area contributed by atoms with Gasteiger partial charge in [-0.3, -0.25) is 4.90 Å². The lowest BCUT2D eigenvalue weighted by atomic mass is 10.1. The van der Waals surface area contributed by atoms with E-state index in [0.29, 0.717) is 6.10 Å². The van der Waals surface area contributed by atoms with Gasteiger partial charge in [-0.05, 0) is 42.3 Å². The third-order valence-electron chi connectivity index (χ3n) is 5.32. The van der Waals surface area contributed by atoms with Crippen LogP contribution >= 0.6 is 12.2 Å². The number of nitrogens with one attached hydrogen (secondary N) is 1. The number of benzene rings is 1. The van der Waals surface area contributed by atoms with Crippen molar-refractivity contribution >= 4 is 17.3 Å². The first-order valence-electron chi connectivity index (χ1n) is 9.39. The number of hydrogen-bond donors (Lipinski definition) is 1. The van der Waals surface area contributed by atoms with Crippen LogP contribution < -0.4 is 10.1 Å². The fourth-order valence-corrected chi connectivity index (χ4v) is 4.09. The Labute approximate surface area is 155 Å². The van der Waals surface area contributed by atoms with E-state index in [1.807, 2.05) is 0 Å². The molecule has 3 heterocycles. The molecule has 25 heavy (non-hydrogen) atoms. The monoisotopic (exact) mass is 361 g/mol. The second-order valence-corrected chi connectivity index (χ2v) is 7.51. The highest BCUT2D eigenvalue weighted by molar-refractivity contribution is 7.80. The van der Waals surface area contributed by atoms with Crippen molar-refractivity contribution in [2.45, 2.75) is 31.9 Å². The second-order valence-electron chi connectivity index (χ2n) is 7.12. The third-order valence-corrected chi connectivity index (χ3v) is 5.73. The van der Waals surface area contributed by atoms with Crippen LogP contribution in [0.15, 0.2) is 18.2 Å². The Morgan fingerprint density at radius 1 is 1.20 bits per heavy atom. The van der Waals surface area contributed by atoms with Gasteiger partial charge in [-0.25, -0.2) is 0 Å². The molecule has 0 amide bonds. The zero-order valence-electron chi connectivity index (χ0n) is 14.7. The summed E-state index contributed by atoms with van der Waals surface area (Å²) in [7, 11) is 0. The number of thiocarbonyl (C=S) groups is 1. The van der Waals surface area contributed by atoms with Crippen molar-refractivity contribution in [3.05, 3.63) is 29.3 Å². The summed E-state index contributed by atoms with van der Waals surface area (Å²) in [5.74, 6) is 1.07. The van der Waals surface area contributed by atoms with Gasteiger partial charge < -0.3 is 19.7 Å². The van der Waals surface area contributed by atoms with Crippen LogP contribution in [0.5, 0.6) is 5.75 Å². The molecular weight excluding hydrogens is 334 g/mol. The summed E-state index contributed by atoms with van der Waals surface area (Å²) < 4.78 is 11.2. The Bertz CT molecular complexity index is 611. The first kappa shape index (κ1) is 17.1. The van der Waals surface area contributed by atoms with Gasteiger partial charge in [-0.2, -0.15) is 0 Å². The smallest absolute Gasteiger partial charge is 0.169 e. The lowest BCUT2D eigenvalue weighted by molar-refractivity contribution is 0.112. The minimum Gasteiger partial charge on any atom is -0.493 e. The predicted octanol–water partition coefficient (Wildman–Crippen LogP) is 1.79. The zero-order valence-corrected chi connectivity index (χ0v) is 15.5. The maximum absolute atomic E-state index is 5.65. The zero-order chi connectivity index (χ0) is 17.1. The minimum atomic E-state index is 0.336. The Kier molecular flexibility index (Phi) is 5.39. The van der Waals surface area contributed by atoms with Crippen molar-refractivity contribution in [1.82, 2.24) is 15.1 Å². The van der Waals surface area contributed by atoms with E-state index >= 15 is 0 Å². The molecule has 2 fully saturated rings. The van der Waals surface area contributed by atoms with Gasteiger partial charge in [0.1, 0.15) is 5.75 Å². The van der Waals surface area contributed by atoms with Crippen molar-refractivity contribution in [2.24, 2.45) is 0 Å². The van der Waals surface area contributed by atoms with Crippen LogP contribution in [0.25, 0.3) is 0 Å². The van der Waals surface area contributed by atoms with E-state index in [1.165, 1.54) is 17.5 Å². The fraction of sp³-hybridized carbons (Fsp3) is 0.632. The van der Waals surface area contributed by atoms with Gasteiger partial charge in [0, 0.05) is 52.3 Å². The summed E-state index contributed by atoms with van der Waals surface area (Å²) >= 11 is 5.56. The highest BCUT2D eigenvalue weighted by Gasteiger charge is 2.21. The van der Waals surface area contributed by atoms with Crippen LogP contribution in [0.3, 0.4) is 0 Å². The molecule has 6 heteroatoms. The van der Waals surface area contributed by atoms with Gasteiger partial charge in [0.2, 0.25) is 0 Å². The molecule has 0 radical (unpaired) electrons. The van der Waals surface area contributed by atoms with Gasteiger partial charge >= 0.3 is 0 Å². The highest BCUT2D eigenvalue weighted by Crippen LogP contribution is 2.26. The highest BCUT2D eigenvalue weighted by atomic mass is 32.1. The Balaban J connectivity index is 1.22. The van der Waals surface area contributed by atoms with Gasteiger partial charge in [0.05, 0.1) is 12.7 Å². The summed E-state index contributed by atoms with van der Waals surface area (Å²) in [5, 5.41) is 4.27. The number of hydrogen-bond acceptors (Lipinski definition) is 4. The molecule has 1 atom stereocenters. The quantitative estimate of drug-likeness (QED) is 0.824. The molecule has 136 valence electrons. The molecule has 1 N–H and O–H groups in total. The molecule has 3 aliphatic heterocycles. The molecule has 0 bridgehead atoms. The predicted molar refractivity (Wildman–Crippen MR) is 102 cm³/mol. The van der Waals surface area contributed by atoms with Gasteiger partial charge in [0.25, 0.3) is 0 Å². The topological polar surface area (TPSA) is 37.0 Å². The van der Waals surface area contributed by atoms with Crippen LogP contribution in [0.4, 0.5) is 0 Å². The molecule has 4 rings (SSSR count). The summed E-state index contributed by atoms with van der Waals surface area (Å²) in [5.41, 5.74) is 2.74. The first-order chi connectivity index (χ1) is 12.3. The SMILES string of the molecule is S=C(NC[C@H]1CCCO1)N1CCN(Cc2ccc3c(c2)CCO3)CC1. The minimum absolute atomic E-state index is 0.336. The van der Waals surface area contributed by atoms with Gasteiger partial charge in [0.15, 0.2) is 5.11 Å². The summed E-state index contributed by atoms with van der Waals surface area (Å²) in [6.45, 7) is 7.66. The molecular formula is C19H27N3O2S. The largest absolute Gasteiger partial charge is 0.493 e. The van der Waals surface area contributed by atoms with Crippen molar-refractivity contribution in [2.75, 3.05) is 45.9 Å². The lowest BCUT2D eigenvalue weighted by Gasteiger charge is -2.36. The first-order valence-corrected chi connectivity index (χ1v) is 9.80. The van der Waals surface area contributed by atoms with E-state index in [2.05, 4.69) is 33.3 Å². The number of nitrogens with zero attached hydrogens (tertiary/aromatic N) is 2. The molecule has 0 aromatic heterocycles. The summed E-state index contributed by atoms with van der Waals surface area (Å²) in [4.78, 5) is 4.80. The number of ether oxygens (including phenoxy) is 2. The van der Waals surface area contributed by atoms with Gasteiger partial charge in [-0.1, -0.05) is 12.1 Å². The Hall–Kier alpha value is -1.37. The third kappa shape index (κ3) is 4.25. The average molecular weight is 362 g/mol. The Morgan fingerprint density at radius 3 is 2.88 bits per heavy atom. The van der Waals surface area contributed by atoms with Crippen molar-refractivity contribution in [1.29, 1.82) is 0 Å². The van der Waals surface area contributed by atoms with Crippen LogP contribution in [0, 0.1) is 0 Å². The van der Waals surface area contributed by atoms with E-state index in [1.54, 1.807) is 0 Å². The molecule has 2 saturated heterocycles.